The molecule has 1 rings (SSSR count). The number of nitrogens with two attached hydrogens (primary N) is 1. The van der Waals surface area contributed by atoms with Gasteiger partial charge in [0.1, 0.15) is 5.75 Å². The lowest BCUT2D eigenvalue weighted by molar-refractivity contribution is -0.123. The third-order valence-electron chi connectivity index (χ3n) is 3.13. The molecule has 0 aliphatic rings. The Labute approximate surface area is 115 Å². The van der Waals surface area contributed by atoms with Gasteiger partial charge in [-0.15, -0.1) is 0 Å². The van der Waals surface area contributed by atoms with Gasteiger partial charge in [-0.05, 0) is 37.5 Å². The molecule has 1 aromatic rings. The first-order valence-corrected chi connectivity index (χ1v) is 6.84. The number of carbonyl (C=O) groups is 1. The van der Waals surface area contributed by atoms with E-state index in [1.165, 1.54) is 0 Å². The number of ether oxygens (including phenoxy) is 1. The fraction of sp³-hybridized carbons (Fsp3) is 0.533. The van der Waals surface area contributed by atoms with Crippen LogP contribution in [0.25, 0.3) is 0 Å². The SMILES string of the molecule is CCC(CC)NC(=O)COc1ccc([C@@H](C)N)cc1. The van der Waals surface area contributed by atoms with E-state index in [0.717, 1.165) is 18.4 Å². The summed E-state index contributed by atoms with van der Waals surface area (Å²) < 4.78 is 5.44. The number of rotatable bonds is 7. The van der Waals surface area contributed by atoms with Gasteiger partial charge in [-0.3, -0.25) is 4.79 Å². The highest BCUT2D eigenvalue weighted by atomic mass is 16.5. The van der Waals surface area contributed by atoms with Crippen LogP contribution in [0.5, 0.6) is 5.75 Å². The van der Waals surface area contributed by atoms with Gasteiger partial charge in [0.15, 0.2) is 6.61 Å². The van der Waals surface area contributed by atoms with Crippen molar-refractivity contribution in [3.8, 4) is 5.75 Å². The molecule has 4 heteroatoms. The molecule has 0 aromatic heterocycles. The number of nitrogens with one attached hydrogen (secondary N) is 1. The number of carbonyl (C=O) groups excluding carboxylic acids is 1. The zero-order valence-corrected chi connectivity index (χ0v) is 12.0. The number of amides is 1. The van der Waals surface area contributed by atoms with Crippen molar-refractivity contribution in [2.75, 3.05) is 6.61 Å². The van der Waals surface area contributed by atoms with Crippen molar-refractivity contribution >= 4 is 5.91 Å². The molecule has 1 atom stereocenters. The van der Waals surface area contributed by atoms with Gasteiger partial charge < -0.3 is 15.8 Å². The largest absolute Gasteiger partial charge is 0.484 e. The quantitative estimate of drug-likeness (QED) is 0.794. The molecule has 4 nitrogen and oxygen atoms in total. The summed E-state index contributed by atoms with van der Waals surface area (Å²) in [6, 6.07) is 7.74. The lowest BCUT2D eigenvalue weighted by Gasteiger charge is -2.15. The monoisotopic (exact) mass is 264 g/mol. The maximum atomic E-state index is 11.7. The second kappa shape index (κ2) is 7.79. The number of benzene rings is 1. The first-order valence-electron chi connectivity index (χ1n) is 6.84. The van der Waals surface area contributed by atoms with Gasteiger partial charge in [-0.25, -0.2) is 0 Å². The minimum atomic E-state index is -0.0787. The summed E-state index contributed by atoms with van der Waals surface area (Å²) in [6.45, 7) is 6.09. The van der Waals surface area contributed by atoms with E-state index >= 15 is 0 Å². The van der Waals surface area contributed by atoms with Crippen LogP contribution in [-0.4, -0.2) is 18.6 Å². The van der Waals surface area contributed by atoms with E-state index in [9.17, 15) is 4.79 Å². The van der Waals surface area contributed by atoms with E-state index in [0.29, 0.717) is 5.75 Å². The maximum Gasteiger partial charge on any atom is 0.258 e. The molecule has 0 saturated heterocycles. The lowest BCUT2D eigenvalue weighted by Crippen LogP contribution is -2.37. The third kappa shape index (κ3) is 5.30. The first-order chi connectivity index (χ1) is 9.06. The lowest BCUT2D eigenvalue weighted by atomic mass is 10.1. The first kappa shape index (κ1) is 15.5. The standard InChI is InChI=1S/C15H24N2O2/c1-4-13(5-2)17-15(18)10-19-14-8-6-12(7-9-14)11(3)16/h6-9,11,13H,4-5,10,16H2,1-3H3,(H,17,18)/t11-/m1/s1. The molecule has 0 saturated carbocycles. The van der Waals surface area contributed by atoms with E-state index < -0.39 is 0 Å². The predicted octanol–water partition coefficient (Wildman–Crippen LogP) is 2.39. The summed E-state index contributed by atoms with van der Waals surface area (Å²) >= 11 is 0. The number of hydrogen-bond acceptors (Lipinski definition) is 3. The van der Waals surface area contributed by atoms with Crippen LogP contribution in [0, 0.1) is 0 Å². The minimum Gasteiger partial charge on any atom is -0.484 e. The van der Waals surface area contributed by atoms with Crippen molar-refractivity contribution in [2.45, 2.75) is 45.7 Å². The van der Waals surface area contributed by atoms with Crippen molar-refractivity contribution < 1.29 is 9.53 Å². The molecule has 0 spiro atoms. The van der Waals surface area contributed by atoms with Gasteiger partial charge >= 0.3 is 0 Å². The van der Waals surface area contributed by atoms with Gasteiger partial charge in [0.25, 0.3) is 5.91 Å². The van der Waals surface area contributed by atoms with E-state index in [4.69, 9.17) is 10.5 Å². The normalized spacial score (nSPS) is 12.3. The molecular formula is C15H24N2O2. The molecule has 0 radical (unpaired) electrons. The molecule has 19 heavy (non-hydrogen) atoms. The molecule has 0 unspecified atom stereocenters. The van der Waals surface area contributed by atoms with Gasteiger partial charge in [-0.2, -0.15) is 0 Å². The van der Waals surface area contributed by atoms with Crippen molar-refractivity contribution in [1.82, 2.24) is 5.32 Å². The Morgan fingerprint density at radius 3 is 2.32 bits per heavy atom. The molecular weight excluding hydrogens is 240 g/mol. The van der Waals surface area contributed by atoms with Crippen LogP contribution in [0.2, 0.25) is 0 Å². The highest BCUT2D eigenvalue weighted by Gasteiger charge is 2.08. The van der Waals surface area contributed by atoms with Crippen LogP contribution < -0.4 is 15.8 Å². The minimum absolute atomic E-state index is 0.00668. The Kier molecular flexibility index (Phi) is 6.36. The topological polar surface area (TPSA) is 64.3 Å². The fourth-order valence-corrected chi connectivity index (χ4v) is 1.78. The molecule has 106 valence electrons. The van der Waals surface area contributed by atoms with Crippen LogP contribution >= 0.6 is 0 Å². The summed E-state index contributed by atoms with van der Waals surface area (Å²) in [7, 11) is 0. The summed E-state index contributed by atoms with van der Waals surface area (Å²) in [5.41, 5.74) is 6.82. The highest BCUT2D eigenvalue weighted by molar-refractivity contribution is 5.77. The molecule has 0 aliphatic heterocycles. The van der Waals surface area contributed by atoms with E-state index in [1.807, 2.05) is 31.2 Å². The second-order valence-corrected chi connectivity index (χ2v) is 4.73. The summed E-state index contributed by atoms with van der Waals surface area (Å²) in [4.78, 5) is 11.7. The average molecular weight is 264 g/mol. The number of hydrogen-bond donors (Lipinski definition) is 2. The highest BCUT2D eigenvalue weighted by Crippen LogP contribution is 2.15. The molecule has 0 fully saturated rings. The summed E-state index contributed by atoms with van der Waals surface area (Å²) in [6.07, 6.45) is 1.87. The second-order valence-electron chi connectivity index (χ2n) is 4.73. The van der Waals surface area contributed by atoms with Gasteiger partial charge in [-0.1, -0.05) is 26.0 Å². The fourth-order valence-electron chi connectivity index (χ4n) is 1.78. The third-order valence-corrected chi connectivity index (χ3v) is 3.13. The Hall–Kier alpha value is -1.55. The zero-order valence-electron chi connectivity index (χ0n) is 12.0. The Bertz CT molecular complexity index is 384. The maximum absolute atomic E-state index is 11.7. The molecule has 0 bridgehead atoms. The van der Waals surface area contributed by atoms with Crippen LogP contribution in [0.4, 0.5) is 0 Å². The van der Waals surface area contributed by atoms with E-state index in [1.54, 1.807) is 0 Å². The smallest absolute Gasteiger partial charge is 0.258 e. The van der Waals surface area contributed by atoms with E-state index in [2.05, 4.69) is 19.2 Å². The molecule has 1 aromatic carbocycles. The molecule has 3 N–H and O–H groups in total. The molecule has 0 aliphatic carbocycles. The van der Waals surface area contributed by atoms with Crippen molar-refractivity contribution in [3.63, 3.8) is 0 Å². The predicted molar refractivity (Wildman–Crippen MR) is 77.1 cm³/mol. The summed E-state index contributed by atoms with van der Waals surface area (Å²) in [5, 5.41) is 2.93. The van der Waals surface area contributed by atoms with Crippen LogP contribution in [0.3, 0.4) is 0 Å². The van der Waals surface area contributed by atoms with Gasteiger partial charge in [0, 0.05) is 12.1 Å². The van der Waals surface area contributed by atoms with E-state index in [-0.39, 0.29) is 24.6 Å². The Balaban J connectivity index is 2.41. The van der Waals surface area contributed by atoms with Gasteiger partial charge in [0.2, 0.25) is 0 Å². The Morgan fingerprint density at radius 2 is 1.84 bits per heavy atom. The van der Waals surface area contributed by atoms with Crippen molar-refractivity contribution in [2.24, 2.45) is 5.73 Å². The zero-order chi connectivity index (χ0) is 14.3. The van der Waals surface area contributed by atoms with Crippen LogP contribution in [0.1, 0.15) is 45.2 Å². The molecule has 1 amide bonds. The van der Waals surface area contributed by atoms with Gasteiger partial charge in [0.05, 0.1) is 0 Å². The van der Waals surface area contributed by atoms with Crippen molar-refractivity contribution in [3.05, 3.63) is 29.8 Å². The average Bonchev–Trinajstić information content (AvgIpc) is 2.43. The summed E-state index contributed by atoms with van der Waals surface area (Å²) in [5.74, 6) is 0.606. The Morgan fingerprint density at radius 1 is 1.26 bits per heavy atom. The molecule has 0 heterocycles. The van der Waals surface area contributed by atoms with Crippen molar-refractivity contribution in [1.29, 1.82) is 0 Å². The van der Waals surface area contributed by atoms with Crippen LogP contribution in [0.15, 0.2) is 24.3 Å². The van der Waals surface area contributed by atoms with Crippen LogP contribution in [-0.2, 0) is 4.79 Å².